The number of methoxy groups -OCH3 is 1. The maximum absolute atomic E-state index is 12.9. The fourth-order valence-electron chi connectivity index (χ4n) is 4.17. The summed E-state index contributed by atoms with van der Waals surface area (Å²) in [5, 5.41) is 11.2. The minimum Gasteiger partial charge on any atom is -0.465 e. The van der Waals surface area contributed by atoms with Gasteiger partial charge in [-0.1, -0.05) is 44.1 Å². The van der Waals surface area contributed by atoms with Gasteiger partial charge in [-0.25, -0.2) is 4.79 Å². The molecule has 1 aliphatic carbocycles. The number of rotatable bonds is 5. The van der Waals surface area contributed by atoms with Crippen molar-refractivity contribution in [3.8, 4) is 0 Å². The lowest BCUT2D eigenvalue weighted by Crippen LogP contribution is -2.27. The number of amides is 1. The molecule has 1 N–H and O–H groups in total. The Bertz CT molecular complexity index is 1140. The number of aryl methyl sites for hydroxylation is 1. The van der Waals surface area contributed by atoms with Gasteiger partial charge in [0.2, 0.25) is 0 Å². The average molecular weight is 437 g/mol. The first-order valence-electron chi connectivity index (χ1n) is 10.7. The molecule has 8 heteroatoms. The van der Waals surface area contributed by atoms with Crippen LogP contribution in [0.2, 0.25) is 0 Å². The Morgan fingerprint density at radius 2 is 2.06 bits per heavy atom. The van der Waals surface area contributed by atoms with Gasteiger partial charge in [-0.2, -0.15) is 5.10 Å². The summed E-state index contributed by atoms with van der Waals surface area (Å²) in [4.78, 5) is 24.9. The zero-order chi connectivity index (χ0) is 22.9. The first-order chi connectivity index (χ1) is 15.3. The van der Waals surface area contributed by atoms with Gasteiger partial charge >= 0.3 is 5.97 Å². The van der Waals surface area contributed by atoms with E-state index in [1.54, 1.807) is 29.2 Å². The highest BCUT2D eigenvalue weighted by Crippen LogP contribution is 2.38. The van der Waals surface area contributed by atoms with Crippen molar-refractivity contribution in [2.75, 3.05) is 12.4 Å². The van der Waals surface area contributed by atoms with Crippen LogP contribution in [0.3, 0.4) is 0 Å². The molecule has 168 valence electrons. The maximum atomic E-state index is 12.9. The van der Waals surface area contributed by atoms with Crippen LogP contribution in [0.5, 0.6) is 0 Å². The Hall–Kier alpha value is -3.42. The van der Waals surface area contributed by atoms with E-state index in [1.807, 2.05) is 12.1 Å². The van der Waals surface area contributed by atoms with Crippen molar-refractivity contribution in [1.29, 1.82) is 0 Å². The van der Waals surface area contributed by atoms with Crippen molar-refractivity contribution in [3.63, 3.8) is 0 Å². The van der Waals surface area contributed by atoms with E-state index < -0.39 is 5.97 Å². The van der Waals surface area contributed by atoms with E-state index in [9.17, 15) is 9.59 Å². The van der Waals surface area contributed by atoms with Crippen molar-refractivity contribution < 1.29 is 18.8 Å². The highest BCUT2D eigenvalue weighted by atomic mass is 16.5. The fraction of sp³-hybridized carbons (Fsp3) is 0.417. The van der Waals surface area contributed by atoms with Crippen molar-refractivity contribution >= 4 is 17.6 Å². The lowest BCUT2D eigenvalue weighted by molar-refractivity contribution is 0.0599. The van der Waals surface area contributed by atoms with Crippen molar-refractivity contribution in [2.45, 2.75) is 46.6 Å². The molecule has 0 saturated carbocycles. The summed E-state index contributed by atoms with van der Waals surface area (Å²) in [6, 6.07) is 7.20. The van der Waals surface area contributed by atoms with Crippen LogP contribution in [-0.4, -0.2) is 33.9 Å². The number of benzene rings is 1. The Balaban J connectivity index is 1.47. The van der Waals surface area contributed by atoms with E-state index in [1.165, 1.54) is 7.11 Å². The number of nitrogens with one attached hydrogen (secondary N) is 1. The first-order valence-corrected chi connectivity index (χ1v) is 10.7. The lowest BCUT2D eigenvalue weighted by atomic mass is 9.71. The molecule has 0 saturated heterocycles. The summed E-state index contributed by atoms with van der Waals surface area (Å²) in [6.45, 7) is 7.04. The summed E-state index contributed by atoms with van der Waals surface area (Å²) in [6.07, 6.45) is 5.91. The van der Waals surface area contributed by atoms with Crippen LogP contribution in [0.4, 0.5) is 5.69 Å². The van der Waals surface area contributed by atoms with Gasteiger partial charge in [-0.3, -0.25) is 9.48 Å². The molecule has 1 aromatic carbocycles. The molecule has 2 aromatic heterocycles. The van der Waals surface area contributed by atoms with Crippen molar-refractivity contribution in [2.24, 2.45) is 11.3 Å². The molecule has 4 rings (SSSR count). The number of anilines is 1. The molecule has 0 bridgehead atoms. The van der Waals surface area contributed by atoms with Gasteiger partial charge in [-0.05, 0) is 35.8 Å². The third kappa shape index (κ3) is 4.44. The number of fused-ring (bicyclic) bond motifs is 1. The number of aromatic nitrogens is 3. The highest BCUT2D eigenvalue weighted by Gasteiger charge is 2.34. The van der Waals surface area contributed by atoms with E-state index in [0.717, 1.165) is 36.1 Å². The van der Waals surface area contributed by atoms with Gasteiger partial charge in [0.25, 0.3) is 5.91 Å². The van der Waals surface area contributed by atoms with Crippen LogP contribution in [0.15, 0.2) is 41.2 Å². The molecule has 0 fully saturated rings. The topological polar surface area (TPSA) is 99.2 Å². The minimum atomic E-state index is -0.398. The molecule has 1 unspecified atom stereocenters. The molecular formula is C24H28N4O4. The molecular weight excluding hydrogens is 408 g/mol. The number of carbonyl (C=O) groups excluding carboxylic acids is 2. The summed E-state index contributed by atoms with van der Waals surface area (Å²) in [5.41, 5.74) is 3.22. The average Bonchev–Trinajstić information content (AvgIpc) is 3.39. The minimum absolute atomic E-state index is 0.157. The third-order valence-corrected chi connectivity index (χ3v) is 6.13. The predicted octanol–water partition coefficient (Wildman–Crippen LogP) is 4.11. The number of ether oxygens (including phenoxy) is 1. The normalized spacial score (nSPS) is 15.8. The van der Waals surface area contributed by atoms with Gasteiger partial charge in [0.05, 0.1) is 31.1 Å². The molecule has 0 spiro atoms. The molecule has 32 heavy (non-hydrogen) atoms. The van der Waals surface area contributed by atoms with Gasteiger partial charge in [0.1, 0.15) is 5.76 Å². The van der Waals surface area contributed by atoms with E-state index in [-0.39, 0.29) is 11.3 Å². The summed E-state index contributed by atoms with van der Waals surface area (Å²) < 4.78 is 12.0. The number of hydrogen-bond donors (Lipinski definition) is 1. The van der Waals surface area contributed by atoms with Gasteiger partial charge in [0.15, 0.2) is 5.69 Å². The Morgan fingerprint density at radius 3 is 2.81 bits per heavy atom. The molecule has 2 heterocycles. The van der Waals surface area contributed by atoms with Crippen LogP contribution < -0.4 is 5.32 Å². The Morgan fingerprint density at radius 1 is 1.28 bits per heavy atom. The second kappa shape index (κ2) is 8.61. The number of carbonyl (C=O) groups is 2. The predicted molar refractivity (Wildman–Crippen MR) is 119 cm³/mol. The Labute approximate surface area is 186 Å². The molecule has 0 radical (unpaired) electrons. The SMILES string of the molecule is COC(=O)c1ccccc1Cn1cc(NC(=O)c2noc3c2CC(C(C)(C)C)CC3)cn1. The molecule has 1 atom stereocenters. The van der Waals surface area contributed by atoms with Crippen molar-refractivity contribution in [3.05, 3.63) is 64.8 Å². The van der Waals surface area contributed by atoms with Crippen LogP contribution in [0.25, 0.3) is 0 Å². The summed E-state index contributed by atoms with van der Waals surface area (Å²) in [7, 11) is 1.35. The quantitative estimate of drug-likeness (QED) is 0.604. The molecule has 0 aliphatic heterocycles. The first kappa shape index (κ1) is 21.8. The van der Waals surface area contributed by atoms with Gasteiger partial charge in [0, 0.05) is 18.2 Å². The smallest absolute Gasteiger partial charge is 0.338 e. The second-order valence-electron chi connectivity index (χ2n) is 9.27. The fourth-order valence-corrected chi connectivity index (χ4v) is 4.17. The van der Waals surface area contributed by atoms with E-state index in [2.05, 4.69) is 36.3 Å². The number of esters is 1. The van der Waals surface area contributed by atoms with E-state index in [4.69, 9.17) is 9.26 Å². The maximum Gasteiger partial charge on any atom is 0.338 e. The van der Waals surface area contributed by atoms with Gasteiger partial charge in [-0.15, -0.1) is 0 Å². The largest absolute Gasteiger partial charge is 0.465 e. The molecule has 1 amide bonds. The van der Waals surface area contributed by atoms with Crippen LogP contribution in [-0.2, 0) is 24.1 Å². The molecule has 3 aromatic rings. The number of nitrogens with zero attached hydrogens (tertiary/aromatic N) is 3. The lowest BCUT2D eigenvalue weighted by Gasteiger charge is -2.33. The van der Waals surface area contributed by atoms with E-state index >= 15 is 0 Å². The standard InChI is InChI=1S/C24H28N4O4/c1-24(2,3)16-9-10-20-19(11-16)21(27-32-20)22(29)26-17-12-25-28(14-17)13-15-7-5-6-8-18(15)23(30)31-4/h5-8,12,14,16H,9-11,13H2,1-4H3,(H,26,29). The summed E-state index contributed by atoms with van der Waals surface area (Å²) in [5.74, 6) is 0.578. The summed E-state index contributed by atoms with van der Waals surface area (Å²) >= 11 is 0. The zero-order valence-electron chi connectivity index (χ0n) is 18.8. The van der Waals surface area contributed by atoms with Crippen LogP contribution >= 0.6 is 0 Å². The highest BCUT2D eigenvalue weighted by molar-refractivity contribution is 6.03. The van der Waals surface area contributed by atoms with E-state index in [0.29, 0.717) is 29.4 Å². The third-order valence-electron chi connectivity index (χ3n) is 6.13. The molecule has 8 nitrogen and oxygen atoms in total. The van der Waals surface area contributed by atoms with Crippen molar-refractivity contribution in [1.82, 2.24) is 14.9 Å². The monoisotopic (exact) mass is 436 g/mol. The second-order valence-corrected chi connectivity index (χ2v) is 9.27. The Kier molecular flexibility index (Phi) is 5.86. The van der Waals surface area contributed by atoms with Crippen LogP contribution in [0.1, 0.15) is 64.9 Å². The molecule has 1 aliphatic rings. The number of hydrogen-bond acceptors (Lipinski definition) is 6. The zero-order valence-corrected chi connectivity index (χ0v) is 18.8. The van der Waals surface area contributed by atoms with Crippen LogP contribution in [0, 0.1) is 11.3 Å². The van der Waals surface area contributed by atoms with Gasteiger partial charge < -0.3 is 14.6 Å².